The van der Waals surface area contributed by atoms with Gasteiger partial charge in [-0.2, -0.15) is 6.42 Å². The van der Waals surface area contributed by atoms with E-state index in [0.29, 0.717) is 6.42 Å². The molecule has 1 N–H and O–H groups in total. The number of hydrogen-bond donors (Lipinski definition) is 1. The van der Waals surface area contributed by atoms with Crippen LogP contribution < -0.4 is 0 Å². The Morgan fingerprint density at radius 3 is 1.80 bits per heavy atom. The van der Waals surface area contributed by atoms with Crippen LogP contribution in [0.5, 0.6) is 0 Å². The van der Waals surface area contributed by atoms with E-state index in [2.05, 4.69) is 6.92 Å². The molecule has 0 saturated carbocycles. The van der Waals surface area contributed by atoms with E-state index in [9.17, 15) is 0 Å². The Labute approximate surface area is 46.7 Å². The van der Waals surface area contributed by atoms with E-state index in [4.69, 9.17) is 5.11 Å². The molecule has 5 heavy (non-hydrogen) atoms. The molecular weight excluding hydrogens is 236 g/mol. The topological polar surface area (TPSA) is 20.2 Å². The molecule has 0 aromatic heterocycles. The number of hydrogen-bond acceptors (Lipinski definition) is 1. The maximum atomic E-state index is 7.81. The van der Waals surface area contributed by atoms with Crippen molar-refractivity contribution in [2.24, 2.45) is 0 Å². The molecule has 0 rings (SSSR count). The molecule has 0 aromatic carbocycles. The zero-order valence-corrected chi connectivity index (χ0v) is 5.91. The van der Waals surface area contributed by atoms with Gasteiger partial charge in [0.25, 0.3) is 0 Å². The van der Waals surface area contributed by atoms with Crippen molar-refractivity contribution in [1.29, 1.82) is 0 Å². The van der Waals surface area contributed by atoms with Crippen LogP contribution in [0.25, 0.3) is 0 Å². The molecule has 0 aliphatic carbocycles. The van der Waals surface area contributed by atoms with E-state index in [-0.39, 0.29) is 27.7 Å². The summed E-state index contributed by atoms with van der Waals surface area (Å²) in [5.41, 5.74) is 0. The van der Waals surface area contributed by atoms with Crippen molar-refractivity contribution in [1.82, 2.24) is 0 Å². The fourth-order valence-electron chi connectivity index (χ4n) is 0. The fourth-order valence-corrected chi connectivity index (χ4v) is 0. The normalized spacial score (nSPS) is 6.00. The van der Waals surface area contributed by atoms with Gasteiger partial charge in [-0.25, -0.2) is 0 Å². The molecule has 0 radical (unpaired) electrons. The second-order valence-corrected chi connectivity index (χ2v) is 0.577. The van der Waals surface area contributed by atoms with Crippen LogP contribution in [-0.4, -0.2) is 11.7 Å². The average Bonchev–Trinajstić information content (AvgIpc) is 1.37. The minimum atomic E-state index is 0. The molecule has 32 valence electrons. The predicted octanol–water partition coefficient (Wildman–Crippen LogP) is 0.200. The van der Waals surface area contributed by atoms with Crippen molar-refractivity contribution in [3.8, 4) is 0 Å². The van der Waals surface area contributed by atoms with E-state index in [0.717, 1.165) is 0 Å². The van der Waals surface area contributed by atoms with Crippen molar-refractivity contribution in [2.75, 3.05) is 6.61 Å². The first-order valence-electron chi connectivity index (χ1n) is 1.32. The summed E-state index contributed by atoms with van der Waals surface area (Å²) in [6.07, 6.45) is 0.625. The van der Waals surface area contributed by atoms with E-state index < -0.39 is 0 Å². The quantitative estimate of drug-likeness (QED) is 0.652. The van der Waals surface area contributed by atoms with Gasteiger partial charge in [0.1, 0.15) is 0 Å². The molecule has 0 aliphatic rings. The first kappa shape index (κ1) is 9.17. The zero-order chi connectivity index (χ0) is 3.41. The average molecular weight is 243 g/mol. The number of aliphatic hydroxyl groups excluding tert-OH is 1. The third kappa shape index (κ3) is 12.0. The summed E-state index contributed by atoms with van der Waals surface area (Å²) >= 11 is 0. The second kappa shape index (κ2) is 8.82. The van der Waals surface area contributed by atoms with Crippen LogP contribution >= 0.6 is 0 Å². The summed E-state index contributed by atoms with van der Waals surface area (Å²) in [7, 11) is 0. The standard InChI is InChI=1S/C3H7O.W/c1-2-3-4;/h4H,1-3H2;/q-1;. The van der Waals surface area contributed by atoms with Gasteiger partial charge in [0.2, 0.25) is 0 Å². The van der Waals surface area contributed by atoms with E-state index >= 15 is 0 Å². The maximum Gasteiger partial charge on any atom is 0.0159 e. The van der Waals surface area contributed by atoms with Gasteiger partial charge in [0.15, 0.2) is 0 Å². The summed E-state index contributed by atoms with van der Waals surface area (Å²) < 4.78 is 0. The summed E-state index contributed by atoms with van der Waals surface area (Å²) in [6, 6.07) is 0. The van der Waals surface area contributed by atoms with Gasteiger partial charge in [-0.1, -0.05) is 0 Å². The van der Waals surface area contributed by atoms with Crippen molar-refractivity contribution in [3.63, 3.8) is 0 Å². The van der Waals surface area contributed by atoms with Crippen LogP contribution in [0.3, 0.4) is 0 Å². The Hall–Kier alpha value is 0.648. The summed E-state index contributed by atoms with van der Waals surface area (Å²) in [4.78, 5) is 0. The first-order valence-corrected chi connectivity index (χ1v) is 1.32. The monoisotopic (exact) mass is 243 g/mol. The van der Waals surface area contributed by atoms with E-state index in [1.54, 1.807) is 0 Å². The molecule has 1 nitrogen and oxygen atoms in total. The van der Waals surface area contributed by atoms with Crippen LogP contribution in [0.15, 0.2) is 0 Å². The Bertz CT molecular complexity index is 8.85. The van der Waals surface area contributed by atoms with Crippen molar-refractivity contribution < 1.29 is 26.2 Å². The van der Waals surface area contributed by atoms with Gasteiger partial charge >= 0.3 is 0 Å². The zero-order valence-electron chi connectivity index (χ0n) is 2.98. The second-order valence-electron chi connectivity index (χ2n) is 0.577. The van der Waals surface area contributed by atoms with Gasteiger partial charge in [-0.3, -0.25) is 0 Å². The van der Waals surface area contributed by atoms with Crippen LogP contribution in [0, 0.1) is 6.92 Å². The molecule has 0 atom stereocenters. The van der Waals surface area contributed by atoms with Gasteiger partial charge < -0.3 is 12.0 Å². The largest absolute Gasteiger partial charge is 0.399 e. The van der Waals surface area contributed by atoms with Gasteiger partial charge in [-0.15, -0.1) is 0 Å². The van der Waals surface area contributed by atoms with Crippen molar-refractivity contribution >= 4 is 0 Å². The fraction of sp³-hybridized carbons (Fsp3) is 0.667. The third-order valence-corrected chi connectivity index (χ3v) is 0.158. The molecule has 0 aliphatic heterocycles. The van der Waals surface area contributed by atoms with Gasteiger partial charge in [0, 0.05) is 27.7 Å². The molecule has 0 saturated heterocycles. The Morgan fingerprint density at radius 2 is 1.80 bits per heavy atom. The van der Waals surface area contributed by atoms with Crippen LogP contribution in [0.1, 0.15) is 6.42 Å². The van der Waals surface area contributed by atoms with Crippen molar-refractivity contribution in [3.05, 3.63) is 6.92 Å². The first-order chi connectivity index (χ1) is 1.91. The minimum Gasteiger partial charge on any atom is -0.399 e. The van der Waals surface area contributed by atoms with Crippen molar-refractivity contribution in [2.45, 2.75) is 6.42 Å². The molecule has 2 heteroatoms. The third-order valence-electron chi connectivity index (χ3n) is 0.158. The van der Waals surface area contributed by atoms with Gasteiger partial charge in [0.05, 0.1) is 0 Å². The maximum absolute atomic E-state index is 7.81. The molecule has 0 aromatic rings. The van der Waals surface area contributed by atoms with Crippen LogP contribution in [0.4, 0.5) is 0 Å². The molecule has 0 amide bonds. The Morgan fingerprint density at radius 1 is 1.60 bits per heavy atom. The molecular formula is C3H7OW-. The molecule has 0 bridgehead atoms. The Kier molecular flexibility index (Phi) is 16.2. The Balaban J connectivity index is 0. The summed E-state index contributed by atoms with van der Waals surface area (Å²) in [6.45, 7) is 3.56. The summed E-state index contributed by atoms with van der Waals surface area (Å²) in [5.74, 6) is 0. The summed E-state index contributed by atoms with van der Waals surface area (Å²) in [5, 5.41) is 7.81. The molecule has 0 heterocycles. The van der Waals surface area contributed by atoms with E-state index in [1.807, 2.05) is 0 Å². The SMILES string of the molecule is [CH2-]CCO.[W]. The van der Waals surface area contributed by atoms with E-state index in [1.165, 1.54) is 0 Å². The predicted molar refractivity (Wildman–Crippen MR) is 17.1 cm³/mol. The van der Waals surface area contributed by atoms with Crippen LogP contribution in [0.2, 0.25) is 0 Å². The smallest absolute Gasteiger partial charge is 0.0159 e. The minimum absolute atomic E-state index is 0. The van der Waals surface area contributed by atoms with Crippen LogP contribution in [-0.2, 0) is 21.1 Å². The number of aliphatic hydroxyl groups is 1. The van der Waals surface area contributed by atoms with Gasteiger partial charge in [-0.05, 0) is 0 Å². The molecule has 0 fully saturated rings. The molecule has 0 spiro atoms. The molecule has 0 unspecified atom stereocenters. The number of rotatable bonds is 1.